The largest absolute Gasteiger partial charge is 0.359 e. The highest BCUT2D eigenvalue weighted by Crippen LogP contribution is 2.49. The molecule has 1 aliphatic carbocycles. The first kappa shape index (κ1) is 22.4. The summed E-state index contributed by atoms with van der Waals surface area (Å²) in [5.74, 6) is 0. The Morgan fingerprint density at radius 1 is 0.643 bits per heavy atom. The normalized spacial score (nSPS) is 25.0. The topological polar surface area (TPSA) is 36.9 Å². The van der Waals surface area contributed by atoms with E-state index in [1.165, 1.54) is 18.3 Å². The van der Waals surface area contributed by atoms with Crippen LogP contribution in [0, 0.1) is 7.14 Å². The molecular formula is C22H26I2O4. The molecule has 152 valence electrons. The molecule has 0 saturated heterocycles. The number of benzene rings is 2. The van der Waals surface area contributed by atoms with E-state index in [1.807, 2.05) is 0 Å². The van der Waals surface area contributed by atoms with Crippen molar-refractivity contribution in [1.29, 1.82) is 0 Å². The van der Waals surface area contributed by atoms with Crippen LogP contribution in [0.5, 0.6) is 0 Å². The minimum absolute atomic E-state index is 0.279. The van der Waals surface area contributed by atoms with E-state index in [1.54, 1.807) is 14.2 Å². The molecule has 0 atom stereocenters. The minimum atomic E-state index is -0.358. The van der Waals surface area contributed by atoms with Gasteiger partial charge in [0.2, 0.25) is 0 Å². The molecule has 0 spiro atoms. The molecule has 1 aliphatic rings. The van der Waals surface area contributed by atoms with Gasteiger partial charge in [-0.25, -0.2) is 0 Å². The molecule has 0 unspecified atom stereocenters. The highest BCUT2D eigenvalue weighted by Gasteiger charge is 2.46. The van der Waals surface area contributed by atoms with E-state index in [-0.39, 0.29) is 24.8 Å². The molecule has 3 rings (SSSR count). The Bertz CT molecular complexity index is 673. The lowest BCUT2D eigenvalue weighted by molar-refractivity contribution is -0.203. The summed E-state index contributed by atoms with van der Waals surface area (Å²) in [4.78, 5) is 0. The van der Waals surface area contributed by atoms with E-state index in [4.69, 9.17) is 18.9 Å². The Labute approximate surface area is 194 Å². The van der Waals surface area contributed by atoms with E-state index >= 15 is 0 Å². The molecule has 4 nitrogen and oxygen atoms in total. The fourth-order valence-corrected chi connectivity index (χ4v) is 4.66. The third kappa shape index (κ3) is 5.07. The molecule has 1 fully saturated rings. The predicted molar refractivity (Wildman–Crippen MR) is 126 cm³/mol. The smallest absolute Gasteiger partial charge is 0.147 e. The molecule has 6 heteroatoms. The van der Waals surface area contributed by atoms with Crippen LogP contribution in [0.2, 0.25) is 0 Å². The van der Waals surface area contributed by atoms with Crippen LogP contribution in [-0.4, -0.2) is 27.8 Å². The van der Waals surface area contributed by atoms with Crippen LogP contribution >= 0.6 is 45.2 Å². The van der Waals surface area contributed by atoms with Crippen molar-refractivity contribution >= 4 is 45.2 Å². The fraction of sp³-hybridized carbons (Fsp3) is 0.455. The third-order valence-corrected chi connectivity index (χ3v) is 6.95. The fourth-order valence-electron chi connectivity index (χ4n) is 3.94. The van der Waals surface area contributed by atoms with Gasteiger partial charge in [0.1, 0.15) is 13.6 Å². The van der Waals surface area contributed by atoms with Crippen LogP contribution < -0.4 is 0 Å². The average Bonchev–Trinajstić information content (AvgIpc) is 2.73. The molecule has 0 amide bonds. The van der Waals surface area contributed by atoms with Gasteiger partial charge in [0, 0.05) is 21.4 Å². The van der Waals surface area contributed by atoms with E-state index in [0.717, 1.165) is 25.7 Å². The molecule has 2 aromatic rings. The predicted octanol–water partition coefficient (Wildman–Crippen LogP) is 5.80. The maximum atomic E-state index is 6.29. The van der Waals surface area contributed by atoms with Crippen molar-refractivity contribution in [2.24, 2.45) is 0 Å². The van der Waals surface area contributed by atoms with Crippen LogP contribution in [-0.2, 0) is 30.1 Å². The van der Waals surface area contributed by atoms with E-state index < -0.39 is 0 Å². The van der Waals surface area contributed by atoms with Gasteiger partial charge in [-0.2, -0.15) is 0 Å². The van der Waals surface area contributed by atoms with Crippen molar-refractivity contribution < 1.29 is 18.9 Å². The lowest BCUT2D eigenvalue weighted by Gasteiger charge is -2.46. The molecule has 0 heterocycles. The van der Waals surface area contributed by atoms with Gasteiger partial charge in [0.05, 0.1) is 11.2 Å². The highest BCUT2D eigenvalue weighted by molar-refractivity contribution is 14.1. The zero-order chi connectivity index (χ0) is 20.0. The first-order valence-corrected chi connectivity index (χ1v) is 11.5. The average molecular weight is 608 g/mol. The second kappa shape index (κ2) is 10.2. The molecule has 0 N–H and O–H groups in total. The van der Waals surface area contributed by atoms with Gasteiger partial charge in [0.25, 0.3) is 0 Å². The highest BCUT2D eigenvalue weighted by atomic mass is 127. The van der Waals surface area contributed by atoms with Gasteiger partial charge >= 0.3 is 0 Å². The van der Waals surface area contributed by atoms with E-state index in [2.05, 4.69) is 93.7 Å². The van der Waals surface area contributed by atoms with Crippen molar-refractivity contribution in [1.82, 2.24) is 0 Å². The second-order valence-corrected chi connectivity index (χ2v) is 9.60. The third-order valence-electron chi connectivity index (χ3n) is 5.51. The van der Waals surface area contributed by atoms with Crippen molar-refractivity contribution in [3.05, 3.63) is 66.8 Å². The van der Waals surface area contributed by atoms with Crippen molar-refractivity contribution in [2.75, 3.05) is 27.8 Å². The van der Waals surface area contributed by atoms with Crippen LogP contribution in [0.1, 0.15) is 36.8 Å². The Balaban J connectivity index is 1.88. The van der Waals surface area contributed by atoms with Crippen molar-refractivity contribution in [2.45, 2.75) is 36.9 Å². The summed E-state index contributed by atoms with van der Waals surface area (Å²) in [6, 6.07) is 17.2. The minimum Gasteiger partial charge on any atom is -0.359 e. The molecule has 0 aliphatic heterocycles. The number of rotatable bonds is 8. The molecule has 0 bridgehead atoms. The van der Waals surface area contributed by atoms with Gasteiger partial charge in [0.15, 0.2) is 0 Å². The Morgan fingerprint density at radius 3 is 1.25 bits per heavy atom. The summed E-state index contributed by atoms with van der Waals surface area (Å²) in [5.41, 5.74) is 1.69. The number of methoxy groups -OCH3 is 2. The Morgan fingerprint density at radius 2 is 0.964 bits per heavy atom. The summed E-state index contributed by atoms with van der Waals surface area (Å²) in [6.45, 7) is 0.558. The molecular weight excluding hydrogens is 582 g/mol. The molecule has 1 saturated carbocycles. The SMILES string of the molecule is COCOC1(c2ccc(I)cc2)CCC(OCOC)(c2ccc(I)cc2)CC1. The molecule has 2 aromatic carbocycles. The van der Waals surface area contributed by atoms with Crippen LogP contribution in [0.4, 0.5) is 0 Å². The van der Waals surface area contributed by atoms with Crippen molar-refractivity contribution in [3.8, 4) is 0 Å². The van der Waals surface area contributed by atoms with E-state index in [9.17, 15) is 0 Å². The monoisotopic (exact) mass is 608 g/mol. The maximum Gasteiger partial charge on any atom is 0.147 e. The van der Waals surface area contributed by atoms with Gasteiger partial charge < -0.3 is 18.9 Å². The first-order chi connectivity index (χ1) is 13.5. The molecule has 28 heavy (non-hydrogen) atoms. The molecule has 0 radical (unpaired) electrons. The lowest BCUT2D eigenvalue weighted by Crippen LogP contribution is -2.43. The summed E-state index contributed by atoms with van der Waals surface area (Å²) in [6.07, 6.45) is 3.42. The first-order valence-electron chi connectivity index (χ1n) is 9.31. The van der Waals surface area contributed by atoms with Crippen LogP contribution in [0.15, 0.2) is 48.5 Å². The number of hydrogen-bond donors (Lipinski definition) is 0. The van der Waals surface area contributed by atoms with Crippen LogP contribution in [0.3, 0.4) is 0 Å². The molecule has 0 aromatic heterocycles. The van der Waals surface area contributed by atoms with Crippen LogP contribution in [0.25, 0.3) is 0 Å². The van der Waals surface area contributed by atoms with Gasteiger partial charge in [-0.15, -0.1) is 0 Å². The van der Waals surface area contributed by atoms with Gasteiger partial charge in [-0.3, -0.25) is 0 Å². The Hall–Kier alpha value is -0.260. The lowest BCUT2D eigenvalue weighted by atomic mass is 9.70. The summed E-state index contributed by atoms with van der Waals surface area (Å²) >= 11 is 4.66. The summed E-state index contributed by atoms with van der Waals surface area (Å²) < 4.78 is 25.5. The van der Waals surface area contributed by atoms with E-state index in [0.29, 0.717) is 0 Å². The number of halogens is 2. The second-order valence-electron chi connectivity index (χ2n) is 7.10. The number of hydrogen-bond acceptors (Lipinski definition) is 4. The standard InChI is InChI=1S/C22H26I2O4/c1-25-15-27-21(17-3-7-19(23)8-4-17)11-13-22(14-12-21,28-16-26-2)18-5-9-20(24)10-6-18/h3-10H,11-16H2,1-2H3. The summed E-state index contributed by atoms with van der Waals surface area (Å²) in [7, 11) is 3.34. The Kier molecular flexibility index (Phi) is 8.14. The summed E-state index contributed by atoms with van der Waals surface area (Å²) in [5, 5.41) is 0. The number of ether oxygens (including phenoxy) is 4. The zero-order valence-electron chi connectivity index (χ0n) is 16.3. The zero-order valence-corrected chi connectivity index (χ0v) is 20.6. The van der Waals surface area contributed by atoms with Gasteiger partial charge in [-0.1, -0.05) is 24.3 Å². The van der Waals surface area contributed by atoms with Crippen molar-refractivity contribution in [3.63, 3.8) is 0 Å². The van der Waals surface area contributed by atoms with Gasteiger partial charge in [-0.05, 0) is 106 Å². The maximum absolute atomic E-state index is 6.29. The quantitative estimate of drug-likeness (QED) is 0.281.